The first kappa shape index (κ1) is 10.2. The summed E-state index contributed by atoms with van der Waals surface area (Å²) in [6.07, 6.45) is 2.59. The molecule has 0 aliphatic rings. The first-order valence-electron chi connectivity index (χ1n) is 4.20. The molecule has 2 aromatic heterocycles. The number of aromatic nitrogens is 2. The van der Waals surface area contributed by atoms with Gasteiger partial charge in [-0.25, -0.2) is 14.8 Å². The molecule has 0 amide bonds. The second-order valence-corrected chi connectivity index (χ2v) is 2.19. The molecule has 14 heavy (non-hydrogen) atoms. The Morgan fingerprint density at radius 2 is 2.14 bits per heavy atom. The molecule has 0 aliphatic heterocycles. The van der Waals surface area contributed by atoms with Gasteiger partial charge in [-0.2, -0.15) is 0 Å². The molecule has 2 heterocycles. The molecule has 2 rings (SSSR count). The Kier molecular flexibility index (Phi) is 3.17. The summed E-state index contributed by atoms with van der Waals surface area (Å²) < 4.78 is 4.89. The zero-order valence-electron chi connectivity index (χ0n) is 7.89. The first-order chi connectivity index (χ1) is 6.77. The molecule has 0 unspecified atom stereocenters. The fourth-order valence-electron chi connectivity index (χ4n) is 0.881. The Hall–Kier alpha value is -1.91. The van der Waals surface area contributed by atoms with Crippen molar-refractivity contribution in [1.29, 1.82) is 0 Å². The summed E-state index contributed by atoms with van der Waals surface area (Å²) in [7, 11) is 0. The van der Waals surface area contributed by atoms with Gasteiger partial charge in [0.25, 0.3) is 0 Å². The summed E-state index contributed by atoms with van der Waals surface area (Å²) in [5, 5.41) is 8.56. The fourth-order valence-corrected chi connectivity index (χ4v) is 0.881. The molecule has 5 nitrogen and oxygen atoms in total. The topological polar surface area (TPSA) is 76.2 Å². The van der Waals surface area contributed by atoms with Crippen LogP contribution in [-0.2, 0) is 0 Å². The minimum absolute atomic E-state index is 0.0311. The number of nitrogens with zero attached hydrogens (tertiary/aromatic N) is 2. The molecule has 0 saturated heterocycles. The van der Waals surface area contributed by atoms with Gasteiger partial charge in [0.2, 0.25) is 0 Å². The number of carbonyl (C=O) groups is 1. The zero-order chi connectivity index (χ0) is 10.6. The second kappa shape index (κ2) is 4.36. The Labute approximate surface area is 80.4 Å². The molecule has 0 saturated carbocycles. The quantitative estimate of drug-likeness (QED) is 0.750. The Balaban J connectivity index is 0.000000461. The van der Waals surface area contributed by atoms with Crippen LogP contribution in [0.2, 0.25) is 0 Å². The monoisotopic (exact) mass is 194 g/mol. The Bertz CT molecular complexity index is 436. The highest BCUT2D eigenvalue weighted by atomic mass is 16.4. The summed E-state index contributed by atoms with van der Waals surface area (Å²) in [6.45, 7) is 4.00. The zero-order valence-corrected chi connectivity index (χ0v) is 7.89. The summed E-state index contributed by atoms with van der Waals surface area (Å²) in [5.74, 6) is -1.07. The van der Waals surface area contributed by atoms with Gasteiger partial charge in [-0.3, -0.25) is 0 Å². The second-order valence-electron chi connectivity index (χ2n) is 2.19. The average Bonchev–Trinajstić information content (AvgIpc) is 2.67. The standard InChI is InChI=1S/C7H4N2O3.C2H6/c10-7(11)5-1-4-6(2-8-5)12-3-9-4;1-2/h1-3H,(H,10,11);1-2H3. The van der Waals surface area contributed by atoms with Crippen LogP contribution in [0.5, 0.6) is 0 Å². The fraction of sp³-hybridized carbons (Fsp3) is 0.222. The average molecular weight is 194 g/mol. The smallest absolute Gasteiger partial charge is 0.354 e. The molecular weight excluding hydrogens is 184 g/mol. The lowest BCUT2D eigenvalue weighted by Gasteiger charge is -1.90. The van der Waals surface area contributed by atoms with E-state index in [2.05, 4.69) is 9.97 Å². The number of carboxylic acids is 1. The summed E-state index contributed by atoms with van der Waals surface area (Å²) in [5.41, 5.74) is 0.957. The predicted octanol–water partition coefficient (Wildman–Crippen LogP) is 1.95. The normalized spacial score (nSPS) is 9.29. The van der Waals surface area contributed by atoms with E-state index in [1.807, 2.05) is 13.8 Å². The number of hydrogen-bond acceptors (Lipinski definition) is 4. The highest BCUT2D eigenvalue weighted by Crippen LogP contribution is 2.11. The lowest BCUT2D eigenvalue weighted by Crippen LogP contribution is -1.98. The number of rotatable bonds is 1. The van der Waals surface area contributed by atoms with Crippen molar-refractivity contribution in [1.82, 2.24) is 9.97 Å². The molecule has 0 aliphatic carbocycles. The van der Waals surface area contributed by atoms with Crippen LogP contribution in [0.15, 0.2) is 23.1 Å². The van der Waals surface area contributed by atoms with E-state index in [4.69, 9.17) is 9.52 Å². The number of carboxylic acid groups (broad SMARTS) is 1. The van der Waals surface area contributed by atoms with Crippen LogP contribution >= 0.6 is 0 Å². The highest BCUT2D eigenvalue weighted by molar-refractivity contribution is 5.89. The molecular formula is C9H10N2O3. The van der Waals surface area contributed by atoms with Crippen molar-refractivity contribution in [3.05, 3.63) is 24.4 Å². The van der Waals surface area contributed by atoms with Crippen LogP contribution < -0.4 is 0 Å². The molecule has 5 heteroatoms. The van der Waals surface area contributed by atoms with E-state index >= 15 is 0 Å². The van der Waals surface area contributed by atoms with Crippen molar-refractivity contribution in [2.75, 3.05) is 0 Å². The molecule has 0 radical (unpaired) electrons. The van der Waals surface area contributed by atoms with Crippen LogP contribution in [0.25, 0.3) is 11.1 Å². The van der Waals surface area contributed by atoms with Gasteiger partial charge in [-0.1, -0.05) is 13.8 Å². The van der Waals surface area contributed by atoms with Gasteiger partial charge in [0.05, 0.1) is 6.20 Å². The van der Waals surface area contributed by atoms with Gasteiger partial charge >= 0.3 is 5.97 Å². The minimum atomic E-state index is -1.07. The van der Waals surface area contributed by atoms with Crippen molar-refractivity contribution in [3.8, 4) is 0 Å². The number of hydrogen-bond donors (Lipinski definition) is 1. The van der Waals surface area contributed by atoms with E-state index in [9.17, 15) is 4.79 Å². The maximum absolute atomic E-state index is 10.4. The van der Waals surface area contributed by atoms with Crippen molar-refractivity contribution in [2.45, 2.75) is 13.8 Å². The molecule has 0 atom stereocenters. The number of pyridine rings is 1. The molecule has 0 aromatic carbocycles. The molecule has 1 N–H and O–H groups in total. The van der Waals surface area contributed by atoms with Crippen LogP contribution in [0.3, 0.4) is 0 Å². The molecule has 0 fully saturated rings. The third kappa shape index (κ3) is 1.87. The number of aromatic carboxylic acids is 1. The van der Waals surface area contributed by atoms with Gasteiger partial charge in [-0.05, 0) is 0 Å². The van der Waals surface area contributed by atoms with Gasteiger partial charge < -0.3 is 9.52 Å². The molecule has 74 valence electrons. The lowest BCUT2D eigenvalue weighted by molar-refractivity contribution is 0.0690. The minimum Gasteiger partial charge on any atom is -0.477 e. The molecule has 0 spiro atoms. The molecule has 0 bridgehead atoms. The van der Waals surface area contributed by atoms with Gasteiger partial charge in [0.1, 0.15) is 5.52 Å². The summed E-state index contributed by atoms with van der Waals surface area (Å²) in [6, 6.07) is 1.36. The first-order valence-corrected chi connectivity index (χ1v) is 4.20. The van der Waals surface area contributed by atoms with Crippen LogP contribution in [0.4, 0.5) is 0 Å². The van der Waals surface area contributed by atoms with Gasteiger partial charge in [-0.15, -0.1) is 0 Å². The van der Waals surface area contributed by atoms with Crippen molar-refractivity contribution in [2.24, 2.45) is 0 Å². The summed E-state index contributed by atoms with van der Waals surface area (Å²) in [4.78, 5) is 17.9. The Morgan fingerprint density at radius 3 is 2.79 bits per heavy atom. The predicted molar refractivity (Wildman–Crippen MR) is 50.1 cm³/mol. The van der Waals surface area contributed by atoms with Crippen molar-refractivity contribution in [3.63, 3.8) is 0 Å². The van der Waals surface area contributed by atoms with E-state index in [1.54, 1.807) is 0 Å². The number of oxazole rings is 1. The van der Waals surface area contributed by atoms with Gasteiger partial charge in [0.15, 0.2) is 17.7 Å². The van der Waals surface area contributed by atoms with E-state index < -0.39 is 5.97 Å². The van der Waals surface area contributed by atoms with Crippen LogP contribution in [0, 0.1) is 0 Å². The number of fused-ring (bicyclic) bond motifs is 1. The third-order valence-corrected chi connectivity index (χ3v) is 1.44. The maximum Gasteiger partial charge on any atom is 0.354 e. The van der Waals surface area contributed by atoms with E-state index in [-0.39, 0.29) is 5.69 Å². The van der Waals surface area contributed by atoms with Crippen LogP contribution in [-0.4, -0.2) is 21.0 Å². The van der Waals surface area contributed by atoms with Gasteiger partial charge in [0, 0.05) is 6.07 Å². The van der Waals surface area contributed by atoms with Crippen molar-refractivity contribution >= 4 is 17.1 Å². The Morgan fingerprint density at radius 1 is 1.43 bits per heavy atom. The summed E-state index contributed by atoms with van der Waals surface area (Å²) >= 11 is 0. The van der Waals surface area contributed by atoms with E-state index in [1.165, 1.54) is 18.7 Å². The molecule has 2 aromatic rings. The van der Waals surface area contributed by atoms with Crippen molar-refractivity contribution < 1.29 is 14.3 Å². The largest absolute Gasteiger partial charge is 0.477 e. The van der Waals surface area contributed by atoms with E-state index in [0.29, 0.717) is 11.1 Å². The lowest BCUT2D eigenvalue weighted by atomic mass is 10.3. The van der Waals surface area contributed by atoms with Crippen LogP contribution in [0.1, 0.15) is 24.3 Å². The highest BCUT2D eigenvalue weighted by Gasteiger charge is 2.06. The third-order valence-electron chi connectivity index (χ3n) is 1.44. The van der Waals surface area contributed by atoms with E-state index in [0.717, 1.165) is 0 Å². The maximum atomic E-state index is 10.4. The SMILES string of the molecule is CC.O=C(O)c1cc2ncoc2cn1.